The number of esters is 3. The van der Waals surface area contributed by atoms with E-state index in [2.05, 4.69) is 215 Å². The first-order valence-electron chi connectivity index (χ1n) is 31.9. The largest absolute Gasteiger partial charge is 0.462 e. The number of allylic oxidation sites excluding steroid dienone is 32. The molecule has 0 N–H and O–H groups in total. The molecule has 0 fully saturated rings. The fourth-order valence-electron chi connectivity index (χ4n) is 7.92. The zero-order valence-electron chi connectivity index (χ0n) is 51.5. The number of ether oxygens (including phenoxy) is 3. The molecule has 0 rings (SSSR count). The van der Waals surface area contributed by atoms with E-state index in [4.69, 9.17) is 14.2 Å². The molecule has 81 heavy (non-hydrogen) atoms. The minimum Gasteiger partial charge on any atom is -0.462 e. The average Bonchev–Trinajstić information content (AvgIpc) is 3.47. The molecule has 6 nitrogen and oxygen atoms in total. The molecule has 0 saturated heterocycles. The molecule has 0 aliphatic rings. The summed E-state index contributed by atoms with van der Waals surface area (Å²) in [7, 11) is 0. The third-order valence-electron chi connectivity index (χ3n) is 12.6. The van der Waals surface area contributed by atoms with E-state index in [0.717, 1.165) is 167 Å². The summed E-state index contributed by atoms with van der Waals surface area (Å²) >= 11 is 0. The maximum atomic E-state index is 12.9. The molecule has 0 spiro atoms. The van der Waals surface area contributed by atoms with Gasteiger partial charge in [0.25, 0.3) is 0 Å². The van der Waals surface area contributed by atoms with Crippen LogP contribution in [0.1, 0.15) is 239 Å². The molecule has 0 aromatic rings. The van der Waals surface area contributed by atoms with Crippen LogP contribution in [0, 0.1) is 0 Å². The Morgan fingerprint density at radius 3 is 0.753 bits per heavy atom. The minimum absolute atomic E-state index is 0.127. The summed E-state index contributed by atoms with van der Waals surface area (Å²) in [5.74, 6) is -1.03. The van der Waals surface area contributed by atoms with Crippen LogP contribution in [-0.4, -0.2) is 37.2 Å². The van der Waals surface area contributed by atoms with Gasteiger partial charge in [0, 0.05) is 19.3 Å². The number of carbonyl (C=O) groups is 3. The van der Waals surface area contributed by atoms with E-state index in [-0.39, 0.29) is 44.0 Å². The molecule has 0 saturated carbocycles. The highest BCUT2D eigenvalue weighted by molar-refractivity contribution is 5.71. The fraction of sp³-hybridized carbons (Fsp3) is 0.533. The SMILES string of the molecule is CC/C=C\C/C=C\C/C=C\C/C=C\C/C=C\C/C=C\C/C=C\CCCCCC(=O)OCC(COC(=O)CCC/C=C\C/C=C\C/C=C\C/C=C\C/C=C\CC)OC(=O)CCCCCCCCCC/C=C\C/C=C\C/C=C\C/C=C\CC. The van der Waals surface area contributed by atoms with Crippen molar-refractivity contribution in [2.75, 3.05) is 13.2 Å². The monoisotopic (exact) mass is 1110 g/mol. The van der Waals surface area contributed by atoms with Crippen LogP contribution in [0.5, 0.6) is 0 Å². The average molecular weight is 1110 g/mol. The van der Waals surface area contributed by atoms with Crippen molar-refractivity contribution in [2.24, 2.45) is 0 Å². The van der Waals surface area contributed by atoms with Gasteiger partial charge < -0.3 is 14.2 Å². The maximum absolute atomic E-state index is 12.9. The molecule has 0 bridgehead atoms. The highest BCUT2D eigenvalue weighted by Gasteiger charge is 2.19. The second-order valence-electron chi connectivity index (χ2n) is 20.2. The lowest BCUT2D eigenvalue weighted by Gasteiger charge is -2.18. The molecule has 0 radical (unpaired) electrons. The van der Waals surface area contributed by atoms with E-state index in [9.17, 15) is 14.4 Å². The topological polar surface area (TPSA) is 78.9 Å². The highest BCUT2D eigenvalue weighted by Crippen LogP contribution is 2.13. The van der Waals surface area contributed by atoms with Gasteiger partial charge in [0.15, 0.2) is 6.10 Å². The maximum Gasteiger partial charge on any atom is 0.306 e. The van der Waals surface area contributed by atoms with Crippen LogP contribution < -0.4 is 0 Å². The smallest absolute Gasteiger partial charge is 0.306 e. The molecule has 0 aromatic heterocycles. The van der Waals surface area contributed by atoms with Crippen molar-refractivity contribution in [3.63, 3.8) is 0 Å². The van der Waals surface area contributed by atoms with Crippen LogP contribution in [0.2, 0.25) is 0 Å². The lowest BCUT2D eigenvalue weighted by Crippen LogP contribution is -2.30. The second-order valence-corrected chi connectivity index (χ2v) is 20.2. The molecule has 6 heteroatoms. The van der Waals surface area contributed by atoms with E-state index in [1.165, 1.54) is 25.7 Å². The molecule has 0 heterocycles. The predicted molar refractivity (Wildman–Crippen MR) is 352 cm³/mol. The zero-order valence-corrected chi connectivity index (χ0v) is 51.5. The van der Waals surface area contributed by atoms with Crippen LogP contribution in [0.3, 0.4) is 0 Å². The Bertz CT molecular complexity index is 1950. The Morgan fingerprint density at radius 1 is 0.247 bits per heavy atom. The minimum atomic E-state index is -0.834. The van der Waals surface area contributed by atoms with Gasteiger partial charge in [-0.05, 0) is 154 Å². The molecular formula is C75H114O6. The molecular weight excluding hydrogens is 997 g/mol. The van der Waals surface area contributed by atoms with E-state index in [0.29, 0.717) is 12.8 Å². The summed E-state index contributed by atoms with van der Waals surface area (Å²) < 4.78 is 16.8. The van der Waals surface area contributed by atoms with E-state index < -0.39 is 6.10 Å². The summed E-state index contributed by atoms with van der Waals surface area (Å²) in [4.78, 5) is 38.3. The first-order chi connectivity index (χ1) is 40.0. The van der Waals surface area contributed by atoms with Gasteiger partial charge in [-0.2, -0.15) is 0 Å². The van der Waals surface area contributed by atoms with Gasteiger partial charge in [-0.15, -0.1) is 0 Å². The lowest BCUT2D eigenvalue weighted by molar-refractivity contribution is -0.167. The van der Waals surface area contributed by atoms with Crippen molar-refractivity contribution < 1.29 is 28.6 Å². The summed E-state index contributed by atoms with van der Waals surface area (Å²) in [5, 5.41) is 0. The normalized spacial score (nSPS) is 13.5. The summed E-state index contributed by atoms with van der Waals surface area (Å²) in [6, 6.07) is 0. The van der Waals surface area contributed by atoms with Crippen LogP contribution in [0.4, 0.5) is 0 Å². The first-order valence-corrected chi connectivity index (χ1v) is 31.9. The second kappa shape index (κ2) is 66.8. The highest BCUT2D eigenvalue weighted by atomic mass is 16.6. The summed E-state index contributed by atoms with van der Waals surface area (Å²) in [5.41, 5.74) is 0. The molecule has 0 amide bonds. The van der Waals surface area contributed by atoms with Gasteiger partial charge in [0.2, 0.25) is 0 Å². The van der Waals surface area contributed by atoms with Crippen LogP contribution in [-0.2, 0) is 28.6 Å². The van der Waals surface area contributed by atoms with Crippen molar-refractivity contribution in [2.45, 2.75) is 245 Å². The van der Waals surface area contributed by atoms with Crippen molar-refractivity contribution in [3.8, 4) is 0 Å². The van der Waals surface area contributed by atoms with E-state index in [1.807, 2.05) is 0 Å². The number of hydrogen-bond acceptors (Lipinski definition) is 6. The molecule has 1 atom stereocenters. The van der Waals surface area contributed by atoms with Crippen LogP contribution in [0.15, 0.2) is 194 Å². The quantitative estimate of drug-likeness (QED) is 0.0261. The van der Waals surface area contributed by atoms with Gasteiger partial charge in [-0.25, -0.2) is 0 Å². The Balaban J connectivity index is 4.58. The lowest BCUT2D eigenvalue weighted by atomic mass is 10.1. The van der Waals surface area contributed by atoms with E-state index >= 15 is 0 Å². The Labute approximate surface area is 497 Å². The van der Waals surface area contributed by atoms with Gasteiger partial charge in [0.1, 0.15) is 13.2 Å². The van der Waals surface area contributed by atoms with Gasteiger partial charge in [-0.1, -0.05) is 260 Å². The summed E-state index contributed by atoms with van der Waals surface area (Å²) in [6.45, 7) is 6.20. The standard InChI is InChI=1S/C75H114O6/c1-4-7-10-13-16-19-22-25-28-31-33-35-36-37-38-40-41-44-47-50-53-56-59-62-65-68-74(77)80-71-72(70-79-73(76)67-64-61-58-55-52-49-46-43-30-27-24-21-18-15-12-9-6-3)81-75(78)69-66-63-60-57-54-51-48-45-42-39-34-32-29-26-23-20-17-14-11-8-5-2/h7-12,16-21,25-30,33-35,37-39,41,44,46,49-50,53,55,58,72H,4-6,13-15,22-24,31-32,36,40,42-43,45,47-48,51-52,54,56-57,59-71H2,1-3H3/b10-7-,11-8-,12-9-,19-16-,20-17-,21-18-,28-25-,29-26-,30-27-,35-33-,38-37-,39-34-,44-41-,49-46-,53-50-,58-55-. The fourth-order valence-corrected chi connectivity index (χ4v) is 7.92. The Morgan fingerprint density at radius 2 is 0.457 bits per heavy atom. The van der Waals surface area contributed by atoms with Crippen LogP contribution in [0.25, 0.3) is 0 Å². The van der Waals surface area contributed by atoms with Gasteiger partial charge in [0.05, 0.1) is 0 Å². The van der Waals surface area contributed by atoms with Crippen LogP contribution >= 0.6 is 0 Å². The Hall–Kier alpha value is -5.75. The van der Waals surface area contributed by atoms with Gasteiger partial charge >= 0.3 is 17.9 Å². The van der Waals surface area contributed by atoms with Crippen molar-refractivity contribution in [1.29, 1.82) is 0 Å². The molecule has 0 aromatic carbocycles. The Kier molecular flexibility index (Phi) is 62.0. The van der Waals surface area contributed by atoms with Crippen molar-refractivity contribution in [1.82, 2.24) is 0 Å². The number of carbonyl (C=O) groups excluding carboxylic acids is 3. The summed E-state index contributed by atoms with van der Waals surface area (Å²) in [6.07, 6.45) is 101. The predicted octanol–water partition coefficient (Wildman–Crippen LogP) is 22.2. The molecule has 0 aliphatic carbocycles. The molecule has 1 unspecified atom stereocenters. The van der Waals surface area contributed by atoms with E-state index in [1.54, 1.807) is 0 Å². The van der Waals surface area contributed by atoms with Crippen molar-refractivity contribution >= 4 is 17.9 Å². The number of unbranched alkanes of at least 4 members (excludes halogenated alkanes) is 12. The van der Waals surface area contributed by atoms with Gasteiger partial charge in [-0.3, -0.25) is 14.4 Å². The number of rotatable bonds is 55. The third-order valence-corrected chi connectivity index (χ3v) is 12.6. The zero-order chi connectivity index (χ0) is 58.5. The first kappa shape index (κ1) is 75.2. The van der Waals surface area contributed by atoms with Crippen molar-refractivity contribution in [3.05, 3.63) is 194 Å². The number of hydrogen-bond donors (Lipinski definition) is 0. The third kappa shape index (κ3) is 64.9. The molecule has 450 valence electrons. The molecule has 0 aliphatic heterocycles.